The van der Waals surface area contributed by atoms with Gasteiger partial charge in [-0.2, -0.15) is 4.98 Å². The lowest BCUT2D eigenvalue weighted by Crippen LogP contribution is -2.18. The summed E-state index contributed by atoms with van der Waals surface area (Å²) in [6, 6.07) is 7.62. The third-order valence-electron chi connectivity index (χ3n) is 3.03. The molecule has 1 saturated heterocycles. The minimum absolute atomic E-state index is 0.217. The maximum absolute atomic E-state index is 11.0. The second kappa shape index (κ2) is 4.72. The second-order valence-electron chi connectivity index (χ2n) is 4.30. The molecular weight excluding hydrogens is 246 g/mol. The van der Waals surface area contributed by atoms with E-state index >= 15 is 0 Å². The number of aryl methyl sites for hydroxylation is 1. The minimum Gasteiger partial charge on any atom is -0.447 e. The summed E-state index contributed by atoms with van der Waals surface area (Å²) < 4.78 is 9.94. The molecule has 6 nitrogen and oxygen atoms in total. The van der Waals surface area contributed by atoms with Gasteiger partial charge in [0.05, 0.1) is 0 Å². The molecule has 0 aliphatic carbocycles. The van der Waals surface area contributed by atoms with Crippen LogP contribution in [0.25, 0.3) is 11.4 Å². The predicted molar refractivity (Wildman–Crippen MR) is 66.3 cm³/mol. The van der Waals surface area contributed by atoms with Crippen molar-refractivity contribution in [1.29, 1.82) is 0 Å². The number of hydrogen-bond donors (Lipinski definition) is 1. The summed E-state index contributed by atoms with van der Waals surface area (Å²) in [5.41, 5.74) is 2.14. The molecule has 2 heterocycles. The molecule has 19 heavy (non-hydrogen) atoms. The van der Waals surface area contributed by atoms with E-state index < -0.39 is 6.09 Å². The monoisotopic (exact) mass is 259 g/mol. The molecule has 1 atom stereocenters. The second-order valence-corrected chi connectivity index (χ2v) is 4.30. The Labute approximate surface area is 109 Å². The molecule has 0 radical (unpaired) electrons. The van der Waals surface area contributed by atoms with Gasteiger partial charge in [-0.1, -0.05) is 36.3 Å². The van der Waals surface area contributed by atoms with Gasteiger partial charge in [-0.05, 0) is 12.0 Å². The molecule has 0 spiro atoms. The quantitative estimate of drug-likeness (QED) is 0.913. The standard InChI is InChI=1S/C13H13N3O3/c1-2-8-3-5-9(6-4-8)11-15-12(19-16-11)10-7-18-13(17)14-10/h3-6,10H,2,7H2,1H3,(H,14,17)/t10-/m1/s1. The van der Waals surface area contributed by atoms with E-state index in [0.29, 0.717) is 11.7 Å². The highest BCUT2D eigenvalue weighted by atomic mass is 16.6. The third kappa shape index (κ3) is 2.29. The summed E-state index contributed by atoms with van der Waals surface area (Å²) in [5.74, 6) is 0.874. The van der Waals surface area contributed by atoms with Crippen LogP contribution in [0.15, 0.2) is 28.8 Å². The predicted octanol–water partition coefficient (Wildman–Crippen LogP) is 2.08. The fraction of sp³-hybridized carbons (Fsp3) is 0.308. The van der Waals surface area contributed by atoms with Crippen molar-refractivity contribution in [3.8, 4) is 11.4 Å². The summed E-state index contributed by atoms with van der Waals surface area (Å²) in [4.78, 5) is 15.2. The van der Waals surface area contributed by atoms with Gasteiger partial charge >= 0.3 is 6.09 Å². The maximum atomic E-state index is 11.0. The topological polar surface area (TPSA) is 77.2 Å². The van der Waals surface area contributed by atoms with Gasteiger partial charge in [0, 0.05) is 5.56 Å². The Bertz CT molecular complexity index is 591. The van der Waals surface area contributed by atoms with Crippen molar-refractivity contribution in [2.75, 3.05) is 6.61 Å². The smallest absolute Gasteiger partial charge is 0.407 e. The largest absolute Gasteiger partial charge is 0.447 e. The van der Waals surface area contributed by atoms with Crippen molar-refractivity contribution in [3.05, 3.63) is 35.7 Å². The number of cyclic esters (lactones) is 1. The minimum atomic E-state index is -0.461. The highest BCUT2D eigenvalue weighted by molar-refractivity contribution is 5.69. The molecule has 3 rings (SSSR count). The first-order chi connectivity index (χ1) is 9.26. The van der Waals surface area contributed by atoms with Crippen LogP contribution in [0.5, 0.6) is 0 Å². The molecule has 1 amide bonds. The van der Waals surface area contributed by atoms with E-state index in [1.54, 1.807) is 0 Å². The van der Waals surface area contributed by atoms with Crippen molar-refractivity contribution < 1.29 is 14.1 Å². The van der Waals surface area contributed by atoms with Crippen LogP contribution in [0.1, 0.15) is 24.4 Å². The molecule has 6 heteroatoms. The Morgan fingerprint density at radius 1 is 1.37 bits per heavy atom. The Morgan fingerprint density at radius 2 is 2.16 bits per heavy atom. The molecule has 1 aromatic carbocycles. The van der Waals surface area contributed by atoms with E-state index in [1.807, 2.05) is 24.3 Å². The number of alkyl carbamates (subject to hydrolysis) is 1. The zero-order chi connectivity index (χ0) is 13.2. The van der Waals surface area contributed by atoms with Gasteiger partial charge in [-0.15, -0.1) is 0 Å². The Kier molecular flexibility index (Phi) is 2.91. The summed E-state index contributed by atoms with van der Waals surface area (Å²) in [6.45, 7) is 2.32. The Balaban J connectivity index is 1.82. The van der Waals surface area contributed by atoms with E-state index in [9.17, 15) is 4.79 Å². The van der Waals surface area contributed by atoms with Gasteiger partial charge < -0.3 is 14.6 Å². The lowest BCUT2D eigenvalue weighted by Gasteiger charge is -1.98. The van der Waals surface area contributed by atoms with Crippen LogP contribution in [0, 0.1) is 0 Å². The summed E-state index contributed by atoms with van der Waals surface area (Å²) in [6.07, 6.45) is 0.528. The molecule has 0 unspecified atom stereocenters. The number of nitrogens with one attached hydrogen (secondary N) is 1. The molecule has 98 valence electrons. The van der Waals surface area contributed by atoms with Crippen molar-refractivity contribution in [1.82, 2.24) is 15.5 Å². The zero-order valence-corrected chi connectivity index (χ0v) is 10.4. The SMILES string of the molecule is CCc1ccc(-c2noc([C@H]3COC(=O)N3)n2)cc1. The number of aromatic nitrogens is 2. The first-order valence-electron chi connectivity index (χ1n) is 6.12. The molecule has 1 N–H and O–H groups in total. The van der Waals surface area contributed by atoms with E-state index in [4.69, 9.17) is 9.26 Å². The number of nitrogens with zero attached hydrogens (tertiary/aromatic N) is 2. The van der Waals surface area contributed by atoms with Crippen molar-refractivity contribution >= 4 is 6.09 Å². The van der Waals surface area contributed by atoms with E-state index in [2.05, 4.69) is 22.4 Å². The fourth-order valence-electron chi connectivity index (χ4n) is 1.90. The highest BCUT2D eigenvalue weighted by Crippen LogP contribution is 2.21. The Morgan fingerprint density at radius 3 is 2.79 bits per heavy atom. The average Bonchev–Trinajstić information content (AvgIpc) is 3.07. The van der Waals surface area contributed by atoms with Crippen molar-refractivity contribution in [2.45, 2.75) is 19.4 Å². The summed E-state index contributed by atoms with van der Waals surface area (Å²) >= 11 is 0. The molecule has 1 aliphatic heterocycles. The molecule has 0 saturated carbocycles. The van der Waals surface area contributed by atoms with Crippen molar-refractivity contribution in [3.63, 3.8) is 0 Å². The van der Waals surface area contributed by atoms with Crippen LogP contribution < -0.4 is 5.32 Å². The van der Waals surface area contributed by atoms with Crippen LogP contribution >= 0.6 is 0 Å². The summed E-state index contributed by atoms with van der Waals surface area (Å²) in [7, 11) is 0. The average molecular weight is 259 g/mol. The number of amides is 1. The maximum Gasteiger partial charge on any atom is 0.407 e. The normalized spacial score (nSPS) is 18.2. The van der Waals surface area contributed by atoms with E-state index in [0.717, 1.165) is 12.0 Å². The molecule has 0 bridgehead atoms. The molecule has 1 aliphatic rings. The van der Waals surface area contributed by atoms with Crippen LogP contribution in [-0.2, 0) is 11.2 Å². The number of rotatable bonds is 3. The van der Waals surface area contributed by atoms with E-state index in [1.165, 1.54) is 5.56 Å². The van der Waals surface area contributed by atoms with Crippen molar-refractivity contribution in [2.24, 2.45) is 0 Å². The molecule has 1 aromatic heterocycles. The van der Waals surface area contributed by atoms with Gasteiger partial charge in [-0.25, -0.2) is 4.79 Å². The van der Waals surface area contributed by atoms with Gasteiger partial charge in [0.25, 0.3) is 5.89 Å². The summed E-state index contributed by atoms with van der Waals surface area (Å²) in [5, 5.41) is 6.51. The number of benzene rings is 1. The fourth-order valence-corrected chi connectivity index (χ4v) is 1.90. The number of hydrogen-bond acceptors (Lipinski definition) is 5. The van der Waals surface area contributed by atoms with Crippen LogP contribution in [0.2, 0.25) is 0 Å². The van der Waals surface area contributed by atoms with Gasteiger partial charge in [0.15, 0.2) is 0 Å². The van der Waals surface area contributed by atoms with Gasteiger partial charge in [0.2, 0.25) is 5.82 Å². The molecular formula is C13H13N3O3. The first-order valence-corrected chi connectivity index (χ1v) is 6.12. The van der Waals surface area contributed by atoms with Crippen LogP contribution in [-0.4, -0.2) is 22.8 Å². The lowest BCUT2D eigenvalue weighted by atomic mass is 10.1. The van der Waals surface area contributed by atoms with Gasteiger partial charge in [0.1, 0.15) is 12.6 Å². The first kappa shape index (κ1) is 11.7. The highest BCUT2D eigenvalue weighted by Gasteiger charge is 2.28. The molecule has 2 aromatic rings. The zero-order valence-electron chi connectivity index (χ0n) is 10.4. The number of carbonyl (C=O) groups excluding carboxylic acids is 1. The van der Waals surface area contributed by atoms with E-state index in [-0.39, 0.29) is 12.6 Å². The van der Waals surface area contributed by atoms with Crippen LogP contribution in [0.4, 0.5) is 4.79 Å². The molecule has 1 fully saturated rings. The lowest BCUT2D eigenvalue weighted by molar-refractivity contribution is 0.176. The van der Waals surface area contributed by atoms with Crippen LogP contribution in [0.3, 0.4) is 0 Å². The third-order valence-corrected chi connectivity index (χ3v) is 3.03. The number of ether oxygens (including phenoxy) is 1. The Hall–Kier alpha value is -2.37. The van der Waals surface area contributed by atoms with Gasteiger partial charge in [-0.3, -0.25) is 0 Å². The number of carbonyl (C=O) groups is 1.